The summed E-state index contributed by atoms with van der Waals surface area (Å²) in [5.41, 5.74) is 14.4. The summed E-state index contributed by atoms with van der Waals surface area (Å²) in [5.74, 6) is -1.78. The molecule has 8 N–H and O–H groups in total. The van der Waals surface area contributed by atoms with E-state index in [-0.39, 0.29) is 18.8 Å². The fraction of sp³-hybridized carbons (Fsp3) is 0.700. The fourth-order valence-electron chi connectivity index (χ4n) is 1.61. The van der Waals surface area contributed by atoms with Gasteiger partial charge in [0.2, 0.25) is 11.8 Å². The molecular formula is C10H22ClN5O3. The zero-order chi connectivity index (χ0) is 14.3. The Labute approximate surface area is 118 Å². The maximum absolute atomic E-state index is 11.5. The van der Waals surface area contributed by atoms with Crippen LogP contribution in [0.3, 0.4) is 0 Å². The summed E-state index contributed by atoms with van der Waals surface area (Å²) in [5, 5.41) is 4.74. The lowest BCUT2D eigenvalue weighted by Gasteiger charge is -2.32. The second kappa shape index (κ2) is 8.68. The molecule has 0 aliphatic heterocycles. The second-order valence-electron chi connectivity index (χ2n) is 4.19. The van der Waals surface area contributed by atoms with Gasteiger partial charge in [0, 0.05) is 13.8 Å². The van der Waals surface area contributed by atoms with Crippen molar-refractivity contribution in [3.8, 4) is 0 Å². The highest BCUT2D eigenvalue weighted by atomic mass is 35.5. The molecule has 0 aromatic carbocycles. The summed E-state index contributed by atoms with van der Waals surface area (Å²) in [4.78, 5) is 33.7. The molecule has 0 saturated carbocycles. The fourth-order valence-corrected chi connectivity index (χ4v) is 1.61. The molecule has 8 nitrogen and oxygen atoms in total. The van der Waals surface area contributed by atoms with Gasteiger partial charge in [-0.25, -0.2) is 0 Å². The average molecular weight is 296 g/mol. The van der Waals surface area contributed by atoms with Crippen molar-refractivity contribution in [3.05, 3.63) is 0 Å². The molecule has 0 aliphatic rings. The number of amides is 3. The molecule has 19 heavy (non-hydrogen) atoms. The summed E-state index contributed by atoms with van der Waals surface area (Å²) in [6, 6.07) is 0. The number of halogens is 1. The smallest absolute Gasteiger partial charge is 0.264 e. The highest BCUT2D eigenvalue weighted by Gasteiger charge is 2.37. The van der Waals surface area contributed by atoms with Gasteiger partial charge >= 0.3 is 0 Å². The minimum atomic E-state index is -1.59. The Kier molecular flexibility index (Phi) is 9.11. The van der Waals surface area contributed by atoms with Gasteiger partial charge < -0.3 is 27.8 Å². The number of hydrogen-bond acceptors (Lipinski definition) is 5. The van der Waals surface area contributed by atoms with Crippen molar-refractivity contribution in [1.29, 1.82) is 0 Å². The molecule has 0 fully saturated rings. The maximum atomic E-state index is 11.5. The molecular weight excluding hydrogens is 274 g/mol. The summed E-state index contributed by atoms with van der Waals surface area (Å²) in [6.45, 7) is 2.46. The van der Waals surface area contributed by atoms with Crippen molar-refractivity contribution >= 4 is 30.1 Å². The van der Waals surface area contributed by atoms with Crippen molar-refractivity contribution < 1.29 is 14.4 Å². The highest BCUT2D eigenvalue weighted by molar-refractivity contribution is 5.93. The predicted octanol–water partition coefficient (Wildman–Crippen LogP) is -1.72. The zero-order valence-corrected chi connectivity index (χ0v) is 11.9. The van der Waals surface area contributed by atoms with E-state index in [0.29, 0.717) is 12.8 Å². The number of nitrogens with one attached hydrogen (secondary N) is 2. The standard InChI is InChI=1S/C10H21N5O3.ClH/c1-6(16)14-10(9(13)18,15-7(2)17)5-3-4-8(11)12;/h8H,3-5,11-12H2,1-2H3,(H2,13,18)(H,14,16)(H,15,17);1H. The van der Waals surface area contributed by atoms with Gasteiger partial charge in [-0.1, -0.05) is 0 Å². The van der Waals surface area contributed by atoms with Crippen LogP contribution in [0.1, 0.15) is 33.1 Å². The van der Waals surface area contributed by atoms with E-state index in [1.54, 1.807) is 0 Å². The molecule has 0 aromatic heterocycles. The van der Waals surface area contributed by atoms with E-state index in [9.17, 15) is 14.4 Å². The molecule has 0 spiro atoms. The molecule has 0 radical (unpaired) electrons. The summed E-state index contributed by atoms with van der Waals surface area (Å²) in [6.07, 6.45) is 0.479. The molecule has 3 amide bonds. The molecule has 0 aliphatic carbocycles. The Morgan fingerprint density at radius 1 is 1.11 bits per heavy atom. The van der Waals surface area contributed by atoms with Gasteiger partial charge in [-0.15, -0.1) is 12.4 Å². The quantitative estimate of drug-likeness (QED) is 0.353. The Hall–Kier alpha value is -1.38. The van der Waals surface area contributed by atoms with Crippen molar-refractivity contribution in [2.75, 3.05) is 0 Å². The van der Waals surface area contributed by atoms with Gasteiger partial charge in [0.25, 0.3) is 5.91 Å². The summed E-state index contributed by atoms with van der Waals surface area (Å²) in [7, 11) is 0. The Bertz CT molecular complexity index is 319. The molecule has 0 aromatic rings. The van der Waals surface area contributed by atoms with Crippen LogP contribution in [0.5, 0.6) is 0 Å². The van der Waals surface area contributed by atoms with Crippen LogP contribution in [0.25, 0.3) is 0 Å². The third-order valence-corrected chi connectivity index (χ3v) is 2.29. The number of hydrogen-bond donors (Lipinski definition) is 5. The molecule has 0 bridgehead atoms. The molecule has 112 valence electrons. The van der Waals surface area contributed by atoms with Crippen LogP contribution in [0.4, 0.5) is 0 Å². The average Bonchev–Trinajstić information content (AvgIpc) is 2.13. The minimum absolute atomic E-state index is 0. The van der Waals surface area contributed by atoms with Crippen molar-refractivity contribution in [3.63, 3.8) is 0 Å². The highest BCUT2D eigenvalue weighted by Crippen LogP contribution is 2.12. The first-order valence-electron chi connectivity index (χ1n) is 5.58. The van der Waals surface area contributed by atoms with Crippen LogP contribution in [-0.2, 0) is 14.4 Å². The molecule has 9 heteroatoms. The Balaban J connectivity index is 0. The third kappa shape index (κ3) is 7.60. The van der Waals surface area contributed by atoms with Crippen molar-refractivity contribution in [2.24, 2.45) is 17.2 Å². The molecule has 0 rings (SSSR count). The van der Waals surface area contributed by atoms with Crippen LogP contribution in [-0.4, -0.2) is 29.6 Å². The monoisotopic (exact) mass is 295 g/mol. The number of carbonyl (C=O) groups is 3. The topological polar surface area (TPSA) is 153 Å². The van der Waals surface area contributed by atoms with E-state index in [2.05, 4.69) is 10.6 Å². The first-order chi connectivity index (χ1) is 8.19. The largest absolute Gasteiger partial charge is 0.366 e. The number of rotatable bonds is 7. The molecule has 0 atom stereocenters. The molecule has 0 saturated heterocycles. The Morgan fingerprint density at radius 2 is 1.53 bits per heavy atom. The van der Waals surface area contributed by atoms with Gasteiger partial charge in [0.15, 0.2) is 5.66 Å². The van der Waals surface area contributed by atoms with E-state index in [1.165, 1.54) is 13.8 Å². The SMILES string of the molecule is CC(=O)NC(CCCC(N)N)(NC(C)=O)C(N)=O.Cl. The van der Waals surface area contributed by atoms with Gasteiger partial charge in [-0.3, -0.25) is 14.4 Å². The first kappa shape index (κ1) is 19.9. The normalized spacial score (nSPS) is 10.6. The zero-order valence-electron chi connectivity index (χ0n) is 11.1. The van der Waals surface area contributed by atoms with E-state index >= 15 is 0 Å². The minimum Gasteiger partial charge on any atom is -0.366 e. The van der Waals surface area contributed by atoms with Gasteiger partial charge in [-0.2, -0.15) is 0 Å². The lowest BCUT2D eigenvalue weighted by atomic mass is 10.00. The summed E-state index contributed by atoms with van der Waals surface area (Å²) < 4.78 is 0. The van der Waals surface area contributed by atoms with Crippen LogP contribution in [0.15, 0.2) is 0 Å². The lowest BCUT2D eigenvalue weighted by molar-refractivity contribution is -0.136. The van der Waals surface area contributed by atoms with Crippen LogP contribution >= 0.6 is 12.4 Å². The van der Waals surface area contributed by atoms with Crippen molar-refractivity contribution in [1.82, 2.24) is 10.6 Å². The second-order valence-corrected chi connectivity index (χ2v) is 4.19. The Morgan fingerprint density at radius 3 is 1.79 bits per heavy atom. The summed E-state index contributed by atoms with van der Waals surface area (Å²) >= 11 is 0. The van der Waals surface area contributed by atoms with E-state index in [4.69, 9.17) is 17.2 Å². The van der Waals surface area contributed by atoms with Crippen molar-refractivity contribution in [2.45, 2.75) is 44.9 Å². The van der Waals surface area contributed by atoms with E-state index in [1.807, 2.05) is 0 Å². The van der Waals surface area contributed by atoms with Gasteiger partial charge in [0.1, 0.15) is 0 Å². The van der Waals surface area contributed by atoms with Gasteiger partial charge in [-0.05, 0) is 19.3 Å². The van der Waals surface area contributed by atoms with E-state index < -0.39 is 29.6 Å². The number of nitrogens with two attached hydrogens (primary N) is 3. The molecule has 0 unspecified atom stereocenters. The van der Waals surface area contributed by atoms with Crippen LogP contribution in [0.2, 0.25) is 0 Å². The van der Waals surface area contributed by atoms with Gasteiger partial charge in [0.05, 0.1) is 6.17 Å². The third-order valence-electron chi connectivity index (χ3n) is 2.29. The molecule has 0 heterocycles. The number of primary amides is 1. The predicted molar refractivity (Wildman–Crippen MR) is 72.8 cm³/mol. The van der Waals surface area contributed by atoms with Crippen LogP contribution in [0, 0.1) is 0 Å². The lowest BCUT2D eigenvalue weighted by Crippen LogP contribution is -2.67. The number of carbonyl (C=O) groups excluding carboxylic acids is 3. The first-order valence-corrected chi connectivity index (χ1v) is 5.58. The van der Waals surface area contributed by atoms with E-state index in [0.717, 1.165) is 0 Å². The van der Waals surface area contributed by atoms with Crippen LogP contribution < -0.4 is 27.8 Å². The maximum Gasteiger partial charge on any atom is 0.264 e.